The zero-order valence-corrected chi connectivity index (χ0v) is 13.6. The van der Waals surface area contributed by atoms with E-state index in [-0.39, 0.29) is 5.92 Å². The van der Waals surface area contributed by atoms with Gasteiger partial charge in [-0.15, -0.1) is 0 Å². The van der Waals surface area contributed by atoms with Gasteiger partial charge in [0, 0.05) is 25.0 Å². The second kappa shape index (κ2) is 5.38. The summed E-state index contributed by atoms with van der Waals surface area (Å²) >= 11 is 0. The molecule has 0 N–H and O–H groups in total. The first kappa shape index (κ1) is 14.3. The molecule has 1 heterocycles. The summed E-state index contributed by atoms with van der Waals surface area (Å²) in [6.07, 6.45) is 3.64. The van der Waals surface area contributed by atoms with E-state index in [4.69, 9.17) is 0 Å². The summed E-state index contributed by atoms with van der Waals surface area (Å²) in [5.41, 5.74) is 1.34. The second-order valence-corrected chi connectivity index (χ2v) is 7.65. The summed E-state index contributed by atoms with van der Waals surface area (Å²) in [7, 11) is 4.39. The minimum atomic E-state index is 0.248. The van der Waals surface area contributed by atoms with Gasteiger partial charge in [-0.05, 0) is 56.7 Å². The molecule has 0 aromatic heterocycles. The maximum Gasteiger partial charge on any atom is 0.226 e. The van der Waals surface area contributed by atoms with Crippen LogP contribution in [0.3, 0.4) is 0 Å². The molecule has 3 heteroatoms. The van der Waals surface area contributed by atoms with E-state index in [1.54, 1.807) is 0 Å². The van der Waals surface area contributed by atoms with Gasteiger partial charge in [-0.2, -0.15) is 0 Å². The van der Waals surface area contributed by atoms with Crippen LogP contribution < -0.4 is 0 Å². The Hall–Kier alpha value is -1.35. The fourth-order valence-electron chi connectivity index (χ4n) is 4.99. The molecule has 2 aliphatic carbocycles. The van der Waals surface area contributed by atoms with Crippen LogP contribution in [0.1, 0.15) is 30.7 Å². The van der Waals surface area contributed by atoms with Crippen molar-refractivity contribution in [2.45, 2.75) is 31.2 Å². The van der Waals surface area contributed by atoms with E-state index in [1.165, 1.54) is 18.4 Å². The SMILES string of the molecule is CN(C)C1C2CCC1CN(C(=O)C1CC1c1ccccc1)C2. The average molecular weight is 298 g/mol. The lowest BCUT2D eigenvalue weighted by atomic mass is 9.91. The fourth-order valence-corrected chi connectivity index (χ4v) is 4.99. The van der Waals surface area contributed by atoms with Crippen molar-refractivity contribution in [3.63, 3.8) is 0 Å². The summed E-state index contributed by atoms with van der Waals surface area (Å²) in [4.78, 5) is 17.4. The van der Waals surface area contributed by atoms with Crippen molar-refractivity contribution in [2.75, 3.05) is 27.2 Å². The van der Waals surface area contributed by atoms with Gasteiger partial charge in [-0.25, -0.2) is 0 Å². The Bertz CT molecular complexity index is 542. The third kappa shape index (κ3) is 2.36. The van der Waals surface area contributed by atoms with Gasteiger partial charge in [0.1, 0.15) is 0 Å². The molecule has 4 atom stereocenters. The van der Waals surface area contributed by atoms with Crippen LogP contribution >= 0.6 is 0 Å². The predicted molar refractivity (Wildman–Crippen MR) is 87.6 cm³/mol. The van der Waals surface area contributed by atoms with Gasteiger partial charge in [0.25, 0.3) is 0 Å². The molecule has 1 saturated heterocycles. The molecule has 1 amide bonds. The van der Waals surface area contributed by atoms with E-state index in [2.05, 4.69) is 48.2 Å². The number of amides is 1. The van der Waals surface area contributed by atoms with Crippen molar-refractivity contribution in [1.82, 2.24) is 9.80 Å². The van der Waals surface area contributed by atoms with E-state index >= 15 is 0 Å². The molecule has 3 aliphatic rings. The Morgan fingerprint density at radius 2 is 1.73 bits per heavy atom. The van der Waals surface area contributed by atoms with Gasteiger partial charge in [0.05, 0.1) is 0 Å². The average Bonchev–Trinajstić information content (AvgIpc) is 3.27. The van der Waals surface area contributed by atoms with E-state index in [0.29, 0.717) is 29.7 Å². The largest absolute Gasteiger partial charge is 0.342 e. The molecule has 0 radical (unpaired) electrons. The molecule has 1 aromatic carbocycles. The van der Waals surface area contributed by atoms with Gasteiger partial charge in [0.15, 0.2) is 0 Å². The van der Waals surface area contributed by atoms with Crippen molar-refractivity contribution in [1.29, 1.82) is 0 Å². The molecule has 4 rings (SSSR count). The van der Waals surface area contributed by atoms with Crippen molar-refractivity contribution < 1.29 is 4.79 Å². The van der Waals surface area contributed by atoms with Gasteiger partial charge < -0.3 is 9.80 Å². The smallest absolute Gasteiger partial charge is 0.226 e. The molecule has 1 aromatic rings. The fraction of sp³-hybridized carbons (Fsp3) is 0.632. The van der Waals surface area contributed by atoms with Gasteiger partial charge in [-0.3, -0.25) is 4.79 Å². The van der Waals surface area contributed by atoms with Crippen LogP contribution in [0, 0.1) is 17.8 Å². The molecule has 118 valence electrons. The van der Waals surface area contributed by atoms with Gasteiger partial charge in [-0.1, -0.05) is 30.3 Å². The van der Waals surface area contributed by atoms with Crippen LogP contribution in [0.2, 0.25) is 0 Å². The normalized spacial score (nSPS) is 36.7. The molecule has 22 heavy (non-hydrogen) atoms. The quantitative estimate of drug-likeness (QED) is 0.856. The molecule has 4 unspecified atom stereocenters. The van der Waals surface area contributed by atoms with Gasteiger partial charge in [0.2, 0.25) is 5.91 Å². The molecule has 2 bridgehead atoms. The predicted octanol–water partition coefficient (Wildman–Crippen LogP) is 2.59. The highest BCUT2D eigenvalue weighted by Gasteiger charge is 2.50. The van der Waals surface area contributed by atoms with Gasteiger partial charge >= 0.3 is 0 Å². The van der Waals surface area contributed by atoms with Crippen LogP contribution in [0.5, 0.6) is 0 Å². The topological polar surface area (TPSA) is 23.6 Å². The molecule has 3 fully saturated rings. The molecular weight excluding hydrogens is 272 g/mol. The third-order valence-electron chi connectivity index (χ3n) is 6.03. The minimum Gasteiger partial charge on any atom is -0.342 e. The van der Waals surface area contributed by atoms with Crippen LogP contribution in [0.15, 0.2) is 30.3 Å². The zero-order chi connectivity index (χ0) is 15.3. The maximum atomic E-state index is 12.9. The van der Waals surface area contributed by atoms with Crippen LogP contribution in [0.4, 0.5) is 0 Å². The number of carbonyl (C=O) groups is 1. The second-order valence-electron chi connectivity index (χ2n) is 7.65. The zero-order valence-electron chi connectivity index (χ0n) is 13.6. The Labute approximate surface area is 133 Å². The lowest BCUT2D eigenvalue weighted by molar-refractivity contribution is -0.136. The highest BCUT2D eigenvalue weighted by Crippen LogP contribution is 2.49. The Kier molecular flexibility index (Phi) is 3.48. The number of nitrogens with zero attached hydrogens (tertiary/aromatic N) is 2. The van der Waals surface area contributed by atoms with Crippen LogP contribution in [-0.2, 0) is 4.79 Å². The highest BCUT2D eigenvalue weighted by molar-refractivity contribution is 5.83. The number of fused-ring (bicyclic) bond motifs is 2. The number of rotatable bonds is 3. The number of benzene rings is 1. The van der Waals surface area contributed by atoms with E-state index in [9.17, 15) is 4.79 Å². The Balaban J connectivity index is 1.41. The maximum absolute atomic E-state index is 12.9. The summed E-state index contributed by atoms with van der Waals surface area (Å²) in [5.74, 6) is 2.51. The Morgan fingerprint density at radius 1 is 1.09 bits per heavy atom. The van der Waals surface area contributed by atoms with Crippen molar-refractivity contribution in [3.8, 4) is 0 Å². The van der Waals surface area contributed by atoms with Crippen molar-refractivity contribution >= 4 is 5.91 Å². The lowest BCUT2D eigenvalue weighted by Gasteiger charge is -2.41. The monoisotopic (exact) mass is 298 g/mol. The van der Waals surface area contributed by atoms with E-state index < -0.39 is 0 Å². The molecule has 0 spiro atoms. The molecular formula is C19H26N2O. The number of carbonyl (C=O) groups excluding carboxylic acids is 1. The number of piperidine rings is 1. The number of likely N-dealkylation sites (tertiary alicyclic amines) is 1. The highest BCUT2D eigenvalue weighted by atomic mass is 16.2. The first-order chi connectivity index (χ1) is 10.6. The Morgan fingerprint density at radius 3 is 2.32 bits per heavy atom. The van der Waals surface area contributed by atoms with Crippen LogP contribution in [0.25, 0.3) is 0 Å². The lowest BCUT2D eigenvalue weighted by Crippen LogP contribution is -2.52. The first-order valence-corrected chi connectivity index (χ1v) is 8.65. The minimum absolute atomic E-state index is 0.248. The summed E-state index contributed by atoms with van der Waals surface area (Å²) in [6, 6.07) is 11.2. The number of hydrogen-bond acceptors (Lipinski definition) is 2. The van der Waals surface area contributed by atoms with E-state index in [1.807, 2.05) is 6.07 Å². The first-order valence-electron chi connectivity index (χ1n) is 8.65. The van der Waals surface area contributed by atoms with Crippen molar-refractivity contribution in [3.05, 3.63) is 35.9 Å². The van der Waals surface area contributed by atoms with E-state index in [0.717, 1.165) is 19.5 Å². The standard InChI is InChI=1S/C19H26N2O/c1-20(2)18-14-8-9-15(18)12-21(11-14)19(22)17-10-16(17)13-6-4-3-5-7-13/h3-7,14-18H,8-12H2,1-2H3. The molecule has 2 saturated carbocycles. The summed E-state index contributed by atoms with van der Waals surface area (Å²) in [6.45, 7) is 1.96. The third-order valence-corrected chi connectivity index (χ3v) is 6.03. The summed E-state index contributed by atoms with van der Waals surface area (Å²) < 4.78 is 0. The number of hydrogen-bond donors (Lipinski definition) is 0. The van der Waals surface area contributed by atoms with Crippen molar-refractivity contribution in [2.24, 2.45) is 17.8 Å². The summed E-state index contributed by atoms with van der Waals surface area (Å²) in [5, 5.41) is 0. The molecule has 3 nitrogen and oxygen atoms in total. The molecule has 1 aliphatic heterocycles. The van der Waals surface area contributed by atoms with Crippen LogP contribution in [-0.4, -0.2) is 48.9 Å².